The van der Waals surface area contributed by atoms with E-state index in [2.05, 4.69) is 0 Å². The number of nitrogens with zero attached hydrogens (tertiary/aromatic N) is 2. The van der Waals surface area contributed by atoms with Gasteiger partial charge in [0.2, 0.25) is 5.91 Å². The standard InChI is InChI=1S/C16H20N2O5S/c19-13(17-8-5-16(23,6-9-17)15(21)22)11-3-1-7-18(11)14(20)12-4-2-10-24-12/h2,4,10-11,23H,1,3,5-9H2,(H,21,22). The Bertz CT molecular complexity index is 637. The van der Waals surface area contributed by atoms with Gasteiger partial charge in [0.05, 0.1) is 4.88 Å². The van der Waals surface area contributed by atoms with Crippen LogP contribution in [0.2, 0.25) is 0 Å². The number of aliphatic carboxylic acids is 1. The van der Waals surface area contributed by atoms with Crippen molar-refractivity contribution in [2.75, 3.05) is 19.6 Å². The largest absolute Gasteiger partial charge is 0.479 e. The molecule has 2 fully saturated rings. The molecule has 1 aromatic rings. The van der Waals surface area contributed by atoms with Crippen LogP contribution >= 0.6 is 11.3 Å². The van der Waals surface area contributed by atoms with Gasteiger partial charge in [-0.25, -0.2) is 4.79 Å². The molecule has 0 bridgehead atoms. The van der Waals surface area contributed by atoms with Crippen LogP contribution in [-0.4, -0.2) is 69.1 Å². The van der Waals surface area contributed by atoms with E-state index < -0.39 is 17.6 Å². The smallest absolute Gasteiger partial charge is 0.335 e. The maximum absolute atomic E-state index is 12.8. The SMILES string of the molecule is O=C(C1CCCN1C(=O)c1cccs1)N1CCC(O)(C(=O)O)CC1. The fourth-order valence-electron chi connectivity index (χ4n) is 3.33. The molecule has 2 saturated heterocycles. The lowest BCUT2D eigenvalue weighted by atomic mass is 9.91. The van der Waals surface area contributed by atoms with Crippen LogP contribution in [0, 0.1) is 0 Å². The van der Waals surface area contributed by atoms with Crippen molar-refractivity contribution in [2.24, 2.45) is 0 Å². The van der Waals surface area contributed by atoms with E-state index >= 15 is 0 Å². The quantitative estimate of drug-likeness (QED) is 0.838. The molecule has 0 spiro atoms. The number of thiophene rings is 1. The summed E-state index contributed by atoms with van der Waals surface area (Å²) in [4.78, 5) is 40.2. The van der Waals surface area contributed by atoms with Gasteiger partial charge in [-0.1, -0.05) is 6.07 Å². The molecule has 2 N–H and O–H groups in total. The predicted octanol–water partition coefficient (Wildman–Crippen LogP) is 0.791. The summed E-state index contributed by atoms with van der Waals surface area (Å²) < 4.78 is 0. The Labute approximate surface area is 143 Å². The number of carboxylic acid groups (broad SMARTS) is 1. The lowest BCUT2D eigenvalue weighted by Gasteiger charge is -2.37. The van der Waals surface area contributed by atoms with Crippen LogP contribution in [0.3, 0.4) is 0 Å². The third-order valence-electron chi connectivity index (χ3n) is 4.83. The lowest BCUT2D eigenvalue weighted by Crippen LogP contribution is -2.55. The zero-order chi connectivity index (χ0) is 17.3. The minimum atomic E-state index is -1.75. The number of carboxylic acids is 1. The van der Waals surface area contributed by atoms with Gasteiger partial charge in [-0.05, 0) is 24.3 Å². The Hall–Kier alpha value is -1.93. The Morgan fingerprint density at radius 3 is 2.50 bits per heavy atom. The average molecular weight is 352 g/mol. The summed E-state index contributed by atoms with van der Waals surface area (Å²) in [6.07, 6.45) is 1.43. The maximum atomic E-state index is 12.8. The molecule has 0 aliphatic carbocycles. The summed E-state index contributed by atoms with van der Waals surface area (Å²) in [7, 11) is 0. The molecule has 8 heteroatoms. The number of likely N-dealkylation sites (tertiary alicyclic amines) is 2. The van der Waals surface area contributed by atoms with E-state index in [1.54, 1.807) is 15.9 Å². The van der Waals surface area contributed by atoms with Crippen molar-refractivity contribution >= 4 is 29.1 Å². The molecule has 0 radical (unpaired) electrons. The van der Waals surface area contributed by atoms with E-state index in [9.17, 15) is 19.5 Å². The van der Waals surface area contributed by atoms with Crippen molar-refractivity contribution in [1.29, 1.82) is 0 Å². The average Bonchev–Trinajstić information content (AvgIpc) is 3.26. The Morgan fingerprint density at radius 1 is 1.21 bits per heavy atom. The molecule has 130 valence electrons. The molecule has 2 aliphatic heterocycles. The number of rotatable bonds is 3. The van der Waals surface area contributed by atoms with Crippen LogP contribution in [-0.2, 0) is 9.59 Å². The Morgan fingerprint density at radius 2 is 1.92 bits per heavy atom. The number of aliphatic hydroxyl groups is 1. The van der Waals surface area contributed by atoms with Crippen LogP contribution in [0.25, 0.3) is 0 Å². The van der Waals surface area contributed by atoms with Crippen LogP contribution in [0.4, 0.5) is 0 Å². The minimum absolute atomic E-state index is 0.0136. The topological polar surface area (TPSA) is 98.2 Å². The second-order valence-electron chi connectivity index (χ2n) is 6.30. The van der Waals surface area contributed by atoms with Gasteiger partial charge >= 0.3 is 5.97 Å². The monoisotopic (exact) mass is 352 g/mol. The highest BCUT2D eigenvalue weighted by Crippen LogP contribution is 2.27. The zero-order valence-electron chi connectivity index (χ0n) is 13.2. The normalized spacial score (nSPS) is 23.3. The molecule has 1 atom stereocenters. The predicted molar refractivity (Wildman–Crippen MR) is 86.8 cm³/mol. The van der Waals surface area contributed by atoms with Crippen molar-refractivity contribution in [2.45, 2.75) is 37.3 Å². The number of amides is 2. The van der Waals surface area contributed by atoms with Crippen LogP contribution in [0.15, 0.2) is 17.5 Å². The third-order valence-corrected chi connectivity index (χ3v) is 5.69. The summed E-state index contributed by atoms with van der Waals surface area (Å²) in [6.45, 7) is 0.943. The van der Waals surface area contributed by atoms with Gasteiger partial charge in [-0.3, -0.25) is 9.59 Å². The van der Waals surface area contributed by atoms with Gasteiger partial charge in [0.1, 0.15) is 6.04 Å². The first-order chi connectivity index (χ1) is 11.4. The molecule has 3 rings (SSSR count). The summed E-state index contributed by atoms with van der Waals surface area (Å²) in [5, 5.41) is 20.9. The highest BCUT2D eigenvalue weighted by Gasteiger charge is 2.43. The molecule has 0 aromatic carbocycles. The molecule has 2 aliphatic rings. The summed E-state index contributed by atoms with van der Waals surface area (Å²) >= 11 is 1.36. The molecule has 2 amide bonds. The van der Waals surface area contributed by atoms with Crippen LogP contribution < -0.4 is 0 Å². The van der Waals surface area contributed by atoms with Gasteiger partial charge in [-0.2, -0.15) is 0 Å². The first-order valence-electron chi connectivity index (χ1n) is 8.01. The molecular weight excluding hydrogens is 332 g/mol. The fourth-order valence-corrected chi connectivity index (χ4v) is 4.01. The Kier molecular flexibility index (Phi) is 4.60. The van der Waals surface area contributed by atoms with Gasteiger partial charge in [0.25, 0.3) is 5.91 Å². The van der Waals surface area contributed by atoms with E-state index in [1.165, 1.54) is 11.3 Å². The molecule has 1 aromatic heterocycles. The Balaban J connectivity index is 1.66. The van der Waals surface area contributed by atoms with Gasteiger partial charge in [0.15, 0.2) is 5.60 Å². The molecule has 7 nitrogen and oxygen atoms in total. The van der Waals surface area contributed by atoms with Crippen molar-refractivity contribution in [3.8, 4) is 0 Å². The summed E-state index contributed by atoms with van der Waals surface area (Å²) in [5.74, 6) is -1.52. The van der Waals surface area contributed by atoms with Crippen LogP contribution in [0.1, 0.15) is 35.4 Å². The van der Waals surface area contributed by atoms with E-state index in [-0.39, 0.29) is 37.7 Å². The van der Waals surface area contributed by atoms with Gasteiger partial charge in [-0.15, -0.1) is 11.3 Å². The second kappa shape index (κ2) is 6.52. The van der Waals surface area contributed by atoms with Crippen molar-refractivity contribution in [3.63, 3.8) is 0 Å². The van der Waals surface area contributed by atoms with Crippen molar-refractivity contribution in [3.05, 3.63) is 22.4 Å². The van der Waals surface area contributed by atoms with E-state index in [0.717, 1.165) is 6.42 Å². The number of piperidine rings is 1. The summed E-state index contributed by atoms with van der Waals surface area (Å²) in [6, 6.07) is 3.07. The number of carbonyl (C=O) groups is 3. The van der Waals surface area contributed by atoms with E-state index in [1.807, 2.05) is 11.4 Å². The molecule has 0 saturated carbocycles. The number of hydrogen-bond donors (Lipinski definition) is 2. The number of carbonyl (C=O) groups excluding carboxylic acids is 2. The van der Waals surface area contributed by atoms with Crippen molar-refractivity contribution in [1.82, 2.24) is 9.80 Å². The maximum Gasteiger partial charge on any atom is 0.335 e. The lowest BCUT2D eigenvalue weighted by molar-refractivity contribution is -0.165. The third kappa shape index (κ3) is 3.03. The van der Waals surface area contributed by atoms with Crippen molar-refractivity contribution < 1.29 is 24.6 Å². The number of hydrogen-bond acceptors (Lipinski definition) is 5. The molecule has 1 unspecified atom stereocenters. The van der Waals surface area contributed by atoms with Gasteiger partial charge < -0.3 is 20.0 Å². The first-order valence-corrected chi connectivity index (χ1v) is 8.89. The molecular formula is C16H20N2O5S. The summed E-state index contributed by atoms with van der Waals surface area (Å²) in [5.41, 5.74) is -1.75. The zero-order valence-corrected chi connectivity index (χ0v) is 14.0. The highest BCUT2D eigenvalue weighted by molar-refractivity contribution is 7.12. The first kappa shape index (κ1) is 16.9. The molecule has 3 heterocycles. The second-order valence-corrected chi connectivity index (χ2v) is 7.24. The molecule has 24 heavy (non-hydrogen) atoms. The van der Waals surface area contributed by atoms with E-state index in [0.29, 0.717) is 17.8 Å². The highest BCUT2D eigenvalue weighted by atomic mass is 32.1. The van der Waals surface area contributed by atoms with Gasteiger partial charge in [0, 0.05) is 32.5 Å². The fraction of sp³-hybridized carbons (Fsp3) is 0.562. The van der Waals surface area contributed by atoms with Crippen LogP contribution in [0.5, 0.6) is 0 Å². The van der Waals surface area contributed by atoms with E-state index in [4.69, 9.17) is 5.11 Å². The minimum Gasteiger partial charge on any atom is -0.479 e.